The van der Waals surface area contributed by atoms with E-state index < -0.39 is 4.92 Å². The van der Waals surface area contributed by atoms with Crippen molar-refractivity contribution >= 4 is 29.0 Å². The fourth-order valence-electron chi connectivity index (χ4n) is 2.70. The largest absolute Gasteiger partial charge is 0.496 e. The van der Waals surface area contributed by atoms with Crippen LogP contribution in [0.2, 0.25) is 0 Å². The summed E-state index contributed by atoms with van der Waals surface area (Å²) >= 11 is 1.26. The van der Waals surface area contributed by atoms with Gasteiger partial charge in [0.25, 0.3) is 5.69 Å². The van der Waals surface area contributed by atoms with E-state index in [0.717, 1.165) is 5.56 Å². The van der Waals surface area contributed by atoms with Crippen molar-refractivity contribution in [3.05, 3.63) is 58.6 Å². The summed E-state index contributed by atoms with van der Waals surface area (Å²) in [6.45, 7) is 2.61. The lowest BCUT2D eigenvalue weighted by Crippen LogP contribution is -2.14. The molecule has 0 fully saturated rings. The summed E-state index contributed by atoms with van der Waals surface area (Å²) in [6, 6.07) is 13.2. The Morgan fingerprint density at radius 1 is 1.21 bits per heavy atom. The van der Waals surface area contributed by atoms with E-state index in [1.807, 2.05) is 35.8 Å². The Balaban J connectivity index is 1.68. The van der Waals surface area contributed by atoms with Gasteiger partial charge in [0.1, 0.15) is 5.75 Å². The minimum Gasteiger partial charge on any atom is -0.496 e. The van der Waals surface area contributed by atoms with Crippen LogP contribution < -0.4 is 10.1 Å². The van der Waals surface area contributed by atoms with E-state index in [1.54, 1.807) is 7.11 Å². The number of nitro benzene ring substituents is 1. The van der Waals surface area contributed by atoms with Gasteiger partial charge in [-0.1, -0.05) is 23.9 Å². The molecular formula is C19H19N5O4S. The highest BCUT2D eigenvalue weighted by Crippen LogP contribution is 2.30. The van der Waals surface area contributed by atoms with E-state index in [9.17, 15) is 14.9 Å². The molecule has 2 aromatic carbocycles. The Morgan fingerprint density at radius 2 is 1.93 bits per heavy atom. The Morgan fingerprint density at radius 3 is 2.59 bits per heavy atom. The number of non-ortho nitro benzene ring substituents is 1. The molecule has 9 nitrogen and oxygen atoms in total. The number of nitrogens with one attached hydrogen (secondary N) is 1. The molecule has 0 aliphatic heterocycles. The van der Waals surface area contributed by atoms with Crippen LogP contribution in [0.25, 0.3) is 11.4 Å². The first kappa shape index (κ1) is 20.3. The van der Waals surface area contributed by atoms with Crippen LogP contribution in [0.5, 0.6) is 5.75 Å². The quantitative estimate of drug-likeness (QED) is 0.341. The second-order valence-electron chi connectivity index (χ2n) is 5.89. The molecule has 1 amide bonds. The zero-order valence-corrected chi connectivity index (χ0v) is 16.7. The molecule has 29 heavy (non-hydrogen) atoms. The van der Waals surface area contributed by atoms with E-state index in [0.29, 0.717) is 29.0 Å². The number of hydrogen-bond acceptors (Lipinski definition) is 7. The number of para-hydroxylation sites is 1. The number of anilines is 1. The summed E-state index contributed by atoms with van der Waals surface area (Å²) in [6.07, 6.45) is 0. The number of thioether (sulfide) groups is 1. The molecule has 3 aromatic rings. The number of ether oxygens (including phenoxy) is 1. The van der Waals surface area contributed by atoms with Crippen molar-refractivity contribution in [2.75, 3.05) is 18.2 Å². The Labute approximate surface area is 171 Å². The summed E-state index contributed by atoms with van der Waals surface area (Å²) in [5.41, 5.74) is 1.29. The van der Waals surface area contributed by atoms with E-state index in [-0.39, 0.29) is 17.3 Å². The van der Waals surface area contributed by atoms with Crippen LogP contribution in [-0.2, 0) is 11.3 Å². The van der Waals surface area contributed by atoms with Crippen molar-refractivity contribution < 1.29 is 14.5 Å². The number of carbonyl (C=O) groups excluding carboxylic acids is 1. The highest BCUT2D eigenvalue weighted by Gasteiger charge is 2.17. The molecular weight excluding hydrogens is 394 g/mol. The summed E-state index contributed by atoms with van der Waals surface area (Å²) in [5, 5.41) is 22.5. The predicted octanol–water partition coefficient (Wildman–Crippen LogP) is 3.61. The Bertz CT molecular complexity index is 1020. The van der Waals surface area contributed by atoms with E-state index >= 15 is 0 Å². The molecule has 150 valence electrons. The standard InChI is InChI=1S/C19H19N5O4S/c1-3-23-18(15-6-4-5-7-16(15)28-2)21-22-19(23)29-12-17(25)20-13-8-10-14(11-9-13)24(26)27/h4-11H,3,12H2,1-2H3,(H,20,25). The number of nitro groups is 1. The minimum absolute atomic E-state index is 0.0303. The number of nitrogens with zero attached hydrogens (tertiary/aromatic N) is 4. The molecule has 3 rings (SSSR count). The lowest BCUT2D eigenvalue weighted by molar-refractivity contribution is -0.384. The van der Waals surface area contributed by atoms with Gasteiger partial charge in [-0.2, -0.15) is 0 Å². The van der Waals surface area contributed by atoms with Gasteiger partial charge in [0.05, 0.1) is 23.3 Å². The zero-order chi connectivity index (χ0) is 20.8. The Hall–Kier alpha value is -3.40. The van der Waals surface area contributed by atoms with Gasteiger partial charge in [0.2, 0.25) is 5.91 Å². The highest BCUT2D eigenvalue weighted by atomic mass is 32.2. The van der Waals surface area contributed by atoms with Crippen LogP contribution >= 0.6 is 11.8 Å². The first-order valence-corrected chi connectivity index (χ1v) is 9.75. The van der Waals surface area contributed by atoms with Crippen LogP contribution in [0.1, 0.15) is 6.92 Å². The summed E-state index contributed by atoms with van der Waals surface area (Å²) in [4.78, 5) is 22.4. The molecule has 0 radical (unpaired) electrons. The van der Waals surface area contributed by atoms with Crippen molar-refractivity contribution in [3.8, 4) is 17.1 Å². The van der Waals surface area contributed by atoms with Crippen molar-refractivity contribution in [1.29, 1.82) is 0 Å². The molecule has 0 saturated heterocycles. The predicted molar refractivity (Wildman–Crippen MR) is 110 cm³/mol. The van der Waals surface area contributed by atoms with Gasteiger partial charge in [0, 0.05) is 24.4 Å². The van der Waals surface area contributed by atoms with E-state index in [1.165, 1.54) is 36.0 Å². The van der Waals surface area contributed by atoms with Gasteiger partial charge in [-0.15, -0.1) is 10.2 Å². The van der Waals surface area contributed by atoms with Crippen LogP contribution in [-0.4, -0.2) is 38.5 Å². The molecule has 0 bridgehead atoms. The first-order valence-electron chi connectivity index (χ1n) is 8.77. The summed E-state index contributed by atoms with van der Waals surface area (Å²) in [7, 11) is 1.60. The van der Waals surface area contributed by atoms with Crippen molar-refractivity contribution in [2.45, 2.75) is 18.6 Å². The molecule has 1 N–H and O–H groups in total. The molecule has 10 heteroatoms. The second-order valence-corrected chi connectivity index (χ2v) is 6.83. The fraction of sp³-hybridized carbons (Fsp3) is 0.211. The lowest BCUT2D eigenvalue weighted by atomic mass is 10.2. The van der Waals surface area contributed by atoms with Crippen molar-refractivity contribution in [2.24, 2.45) is 0 Å². The topological polar surface area (TPSA) is 112 Å². The molecule has 0 aliphatic carbocycles. The molecule has 0 aliphatic rings. The van der Waals surface area contributed by atoms with Gasteiger partial charge in [0.15, 0.2) is 11.0 Å². The fourth-order valence-corrected chi connectivity index (χ4v) is 3.51. The third-order valence-electron chi connectivity index (χ3n) is 4.08. The average Bonchev–Trinajstić information content (AvgIpc) is 3.15. The SMILES string of the molecule is CCn1c(SCC(=O)Nc2ccc([N+](=O)[O-])cc2)nnc1-c1ccccc1OC. The molecule has 1 heterocycles. The Kier molecular flexibility index (Phi) is 6.45. The number of hydrogen-bond donors (Lipinski definition) is 1. The number of amides is 1. The van der Waals surface area contributed by atoms with Crippen molar-refractivity contribution in [1.82, 2.24) is 14.8 Å². The molecule has 1 aromatic heterocycles. The van der Waals surface area contributed by atoms with Crippen LogP contribution in [0, 0.1) is 10.1 Å². The lowest BCUT2D eigenvalue weighted by Gasteiger charge is -2.10. The van der Waals surface area contributed by atoms with Gasteiger partial charge in [-0.25, -0.2) is 0 Å². The third-order valence-corrected chi connectivity index (χ3v) is 5.04. The van der Waals surface area contributed by atoms with Gasteiger partial charge in [-0.3, -0.25) is 14.9 Å². The van der Waals surface area contributed by atoms with Crippen molar-refractivity contribution in [3.63, 3.8) is 0 Å². The van der Waals surface area contributed by atoms with E-state index in [2.05, 4.69) is 15.5 Å². The number of aromatic nitrogens is 3. The van der Waals surface area contributed by atoms with Crippen LogP contribution in [0.3, 0.4) is 0 Å². The second kappa shape index (κ2) is 9.20. The minimum atomic E-state index is -0.488. The number of methoxy groups -OCH3 is 1. The van der Waals surface area contributed by atoms with E-state index in [4.69, 9.17) is 4.74 Å². The third kappa shape index (κ3) is 4.72. The smallest absolute Gasteiger partial charge is 0.269 e. The van der Waals surface area contributed by atoms with Gasteiger partial charge >= 0.3 is 0 Å². The molecule has 0 saturated carbocycles. The number of carbonyl (C=O) groups is 1. The summed E-state index contributed by atoms with van der Waals surface area (Å²) < 4.78 is 7.32. The maximum Gasteiger partial charge on any atom is 0.269 e. The normalized spacial score (nSPS) is 10.6. The monoisotopic (exact) mass is 413 g/mol. The average molecular weight is 413 g/mol. The number of rotatable bonds is 8. The highest BCUT2D eigenvalue weighted by molar-refractivity contribution is 7.99. The first-order chi connectivity index (χ1) is 14.0. The maximum absolute atomic E-state index is 12.2. The maximum atomic E-state index is 12.2. The molecule has 0 atom stereocenters. The van der Waals surface area contributed by atoms with Crippen LogP contribution in [0.4, 0.5) is 11.4 Å². The van der Waals surface area contributed by atoms with Gasteiger partial charge in [-0.05, 0) is 31.2 Å². The van der Waals surface area contributed by atoms with Crippen LogP contribution in [0.15, 0.2) is 53.7 Å². The molecule has 0 unspecified atom stereocenters. The zero-order valence-electron chi connectivity index (χ0n) is 15.9. The van der Waals surface area contributed by atoms with Gasteiger partial charge < -0.3 is 14.6 Å². The number of benzene rings is 2. The molecule has 0 spiro atoms. The summed E-state index contributed by atoms with van der Waals surface area (Å²) in [5.74, 6) is 1.25.